The van der Waals surface area contributed by atoms with E-state index in [-0.39, 0.29) is 5.69 Å². The van der Waals surface area contributed by atoms with Gasteiger partial charge in [0.1, 0.15) is 5.75 Å². The molecule has 0 atom stereocenters. The molecule has 0 radical (unpaired) electrons. The fraction of sp³-hybridized carbons (Fsp3) is 0.600. The molecule has 0 aromatic heterocycles. The number of hydrogen-bond acceptors (Lipinski definition) is 5. The van der Waals surface area contributed by atoms with Gasteiger partial charge < -0.3 is 15.2 Å². The second kappa shape index (κ2) is 6.76. The molecule has 2 N–H and O–H groups in total. The van der Waals surface area contributed by atoms with Crippen molar-refractivity contribution in [3.63, 3.8) is 0 Å². The Kier molecular flexibility index (Phi) is 5.01. The number of non-ortho nitro benzene ring substituents is 1. The molecule has 6 nitrogen and oxygen atoms in total. The van der Waals surface area contributed by atoms with Crippen molar-refractivity contribution in [2.75, 3.05) is 18.5 Å². The first-order valence-electron chi connectivity index (χ1n) is 7.41. The summed E-state index contributed by atoms with van der Waals surface area (Å²) in [7, 11) is 0. The Morgan fingerprint density at radius 2 is 2.05 bits per heavy atom. The molecular formula is C15H22N2O4. The van der Waals surface area contributed by atoms with Crippen molar-refractivity contribution in [3.8, 4) is 5.75 Å². The van der Waals surface area contributed by atoms with Gasteiger partial charge in [-0.15, -0.1) is 0 Å². The molecule has 0 amide bonds. The molecule has 0 saturated heterocycles. The molecule has 21 heavy (non-hydrogen) atoms. The first kappa shape index (κ1) is 15.6. The fourth-order valence-corrected chi connectivity index (χ4v) is 2.69. The molecule has 0 unspecified atom stereocenters. The van der Waals surface area contributed by atoms with E-state index in [1.54, 1.807) is 6.07 Å². The summed E-state index contributed by atoms with van der Waals surface area (Å²) in [4.78, 5) is 10.5. The molecule has 1 saturated carbocycles. The number of nitrogens with one attached hydrogen (secondary N) is 1. The van der Waals surface area contributed by atoms with Crippen molar-refractivity contribution in [3.05, 3.63) is 28.3 Å². The minimum Gasteiger partial charge on any atom is -0.494 e. The largest absolute Gasteiger partial charge is 0.494 e. The van der Waals surface area contributed by atoms with Crippen molar-refractivity contribution in [1.29, 1.82) is 0 Å². The number of anilines is 1. The highest BCUT2D eigenvalue weighted by Gasteiger charge is 2.28. The van der Waals surface area contributed by atoms with Gasteiger partial charge in [0.25, 0.3) is 5.69 Å². The maximum atomic E-state index is 11.0. The molecule has 1 aliphatic carbocycles. The Bertz CT molecular complexity index is 498. The van der Waals surface area contributed by atoms with Gasteiger partial charge >= 0.3 is 0 Å². The van der Waals surface area contributed by atoms with Gasteiger partial charge in [-0.05, 0) is 19.8 Å². The molecule has 0 aliphatic heterocycles. The van der Waals surface area contributed by atoms with Gasteiger partial charge in [0.15, 0.2) is 0 Å². The smallest absolute Gasteiger partial charge is 0.275 e. The van der Waals surface area contributed by atoms with Crippen LogP contribution in [0.5, 0.6) is 5.75 Å². The van der Waals surface area contributed by atoms with E-state index >= 15 is 0 Å². The number of aliphatic hydroxyl groups is 1. The molecule has 0 spiro atoms. The number of ether oxygens (including phenoxy) is 1. The summed E-state index contributed by atoms with van der Waals surface area (Å²) < 4.78 is 5.35. The predicted octanol–water partition coefficient (Wildman–Crippen LogP) is 3.10. The Labute approximate surface area is 124 Å². The molecule has 6 heteroatoms. The monoisotopic (exact) mass is 294 g/mol. The zero-order valence-corrected chi connectivity index (χ0v) is 12.3. The standard InChI is InChI=1S/C15H22N2O4/c1-2-21-14-9-12(8-13(10-14)17(19)20)16-11-15(18)6-4-3-5-7-15/h8-10,16,18H,2-7,11H2,1H3. The zero-order valence-electron chi connectivity index (χ0n) is 12.3. The lowest BCUT2D eigenvalue weighted by Crippen LogP contribution is -2.38. The lowest BCUT2D eigenvalue weighted by atomic mass is 9.85. The number of nitro benzene ring substituents is 1. The van der Waals surface area contributed by atoms with E-state index in [0.717, 1.165) is 32.1 Å². The van der Waals surface area contributed by atoms with Crippen molar-refractivity contribution in [2.45, 2.75) is 44.6 Å². The van der Waals surface area contributed by atoms with Crippen LogP contribution in [0.3, 0.4) is 0 Å². The summed E-state index contributed by atoms with van der Waals surface area (Å²) in [6.07, 6.45) is 4.75. The molecule has 0 heterocycles. The van der Waals surface area contributed by atoms with Crippen molar-refractivity contribution >= 4 is 11.4 Å². The first-order valence-corrected chi connectivity index (χ1v) is 7.41. The third-order valence-electron chi connectivity index (χ3n) is 3.82. The quantitative estimate of drug-likeness (QED) is 0.622. The van der Waals surface area contributed by atoms with Crippen LogP contribution in [0.1, 0.15) is 39.0 Å². The summed E-state index contributed by atoms with van der Waals surface area (Å²) in [6.45, 7) is 2.68. The maximum absolute atomic E-state index is 11.0. The Balaban J connectivity index is 2.09. The van der Waals surface area contributed by atoms with Gasteiger partial charge in [0.05, 0.1) is 23.2 Å². The van der Waals surface area contributed by atoms with Crippen LogP contribution in [0.25, 0.3) is 0 Å². The number of nitrogens with zero attached hydrogens (tertiary/aromatic N) is 1. The number of nitro groups is 1. The van der Waals surface area contributed by atoms with E-state index in [4.69, 9.17) is 4.74 Å². The zero-order chi connectivity index (χ0) is 15.3. The third kappa shape index (κ3) is 4.32. The maximum Gasteiger partial charge on any atom is 0.275 e. The van der Waals surface area contributed by atoms with E-state index in [1.807, 2.05) is 6.92 Å². The Morgan fingerprint density at radius 1 is 1.33 bits per heavy atom. The normalized spacial score (nSPS) is 17.2. The van der Waals surface area contributed by atoms with Crippen LogP contribution in [-0.2, 0) is 0 Å². The molecule has 1 fully saturated rings. The van der Waals surface area contributed by atoms with Gasteiger partial charge in [-0.2, -0.15) is 0 Å². The SMILES string of the molecule is CCOc1cc(NCC2(O)CCCCC2)cc([N+](=O)[O-])c1. The van der Waals surface area contributed by atoms with Crippen LogP contribution in [-0.4, -0.2) is 28.8 Å². The molecule has 0 bridgehead atoms. The van der Waals surface area contributed by atoms with Crippen LogP contribution in [0.4, 0.5) is 11.4 Å². The van der Waals surface area contributed by atoms with Crippen LogP contribution < -0.4 is 10.1 Å². The van der Waals surface area contributed by atoms with Gasteiger partial charge in [0, 0.05) is 24.4 Å². The summed E-state index contributed by atoms with van der Waals surface area (Å²) in [5, 5.41) is 24.5. The third-order valence-corrected chi connectivity index (χ3v) is 3.82. The van der Waals surface area contributed by atoms with Crippen molar-refractivity contribution < 1.29 is 14.8 Å². The van der Waals surface area contributed by atoms with E-state index in [1.165, 1.54) is 12.1 Å². The number of benzene rings is 1. The summed E-state index contributed by atoms with van der Waals surface area (Å²) in [5.41, 5.74) is -0.125. The second-order valence-electron chi connectivity index (χ2n) is 5.54. The van der Waals surface area contributed by atoms with Crippen molar-refractivity contribution in [2.24, 2.45) is 0 Å². The topological polar surface area (TPSA) is 84.6 Å². The van der Waals surface area contributed by atoms with Crippen LogP contribution in [0.15, 0.2) is 18.2 Å². The molecule has 116 valence electrons. The molecule has 1 aromatic carbocycles. The Hall–Kier alpha value is -1.82. The predicted molar refractivity (Wildman–Crippen MR) is 80.8 cm³/mol. The van der Waals surface area contributed by atoms with E-state index in [0.29, 0.717) is 24.6 Å². The molecular weight excluding hydrogens is 272 g/mol. The van der Waals surface area contributed by atoms with E-state index < -0.39 is 10.5 Å². The minimum atomic E-state index is -0.714. The van der Waals surface area contributed by atoms with E-state index in [9.17, 15) is 15.2 Å². The molecule has 1 aromatic rings. The number of hydrogen-bond donors (Lipinski definition) is 2. The molecule has 2 rings (SSSR count). The van der Waals surface area contributed by atoms with Gasteiger partial charge in [-0.25, -0.2) is 0 Å². The summed E-state index contributed by atoms with van der Waals surface area (Å²) >= 11 is 0. The van der Waals surface area contributed by atoms with Crippen LogP contribution in [0.2, 0.25) is 0 Å². The Morgan fingerprint density at radius 3 is 2.67 bits per heavy atom. The van der Waals surface area contributed by atoms with Crippen LogP contribution >= 0.6 is 0 Å². The van der Waals surface area contributed by atoms with Crippen LogP contribution in [0, 0.1) is 10.1 Å². The van der Waals surface area contributed by atoms with Gasteiger partial charge in [0.2, 0.25) is 0 Å². The van der Waals surface area contributed by atoms with E-state index in [2.05, 4.69) is 5.32 Å². The van der Waals surface area contributed by atoms with Gasteiger partial charge in [-0.3, -0.25) is 10.1 Å². The highest BCUT2D eigenvalue weighted by atomic mass is 16.6. The lowest BCUT2D eigenvalue weighted by Gasteiger charge is -2.32. The highest BCUT2D eigenvalue weighted by Crippen LogP contribution is 2.30. The fourth-order valence-electron chi connectivity index (χ4n) is 2.69. The summed E-state index contributed by atoms with van der Waals surface area (Å²) in [6, 6.07) is 4.60. The average molecular weight is 294 g/mol. The second-order valence-corrected chi connectivity index (χ2v) is 5.54. The first-order chi connectivity index (χ1) is 10.0. The average Bonchev–Trinajstić information content (AvgIpc) is 2.46. The lowest BCUT2D eigenvalue weighted by molar-refractivity contribution is -0.384. The van der Waals surface area contributed by atoms with Crippen molar-refractivity contribution in [1.82, 2.24) is 0 Å². The molecule has 1 aliphatic rings. The van der Waals surface area contributed by atoms with Gasteiger partial charge in [-0.1, -0.05) is 19.3 Å². The summed E-state index contributed by atoms with van der Waals surface area (Å²) in [5.74, 6) is 0.463. The minimum absolute atomic E-state index is 0.0147. The highest BCUT2D eigenvalue weighted by molar-refractivity contribution is 5.56. The number of rotatable bonds is 6.